The van der Waals surface area contributed by atoms with Crippen molar-refractivity contribution in [1.82, 2.24) is 15.5 Å². The molecule has 4 nitrogen and oxygen atoms in total. The number of aliphatic hydroxyl groups excluding tert-OH is 1. The van der Waals surface area contributed by atoms with Crippen LogP contribution in [0.4, 0.5) is 0 Å². The minimum atomic E-state index is -0.145. The van der Waals surface area contributed by atoms with E-state index in [1.807, 2.05) is 6.92 Å². The minimum Gasteiger partial charge on any atom is -0.394 e. The van der Waals surface area contributed by atoms with Crippen LogP contribution in [0, 0.1) is 6.92 Å². The fraction of sp³-hybridized carbons (Fsp3) is 0.818. The zero-order valence-corrected chi connectivity index (χ0v) is 11.9. The standard InChI is InChI=1S/C11H19N3OS2/c1-8-13-14-10(17-8)16-6-5-11(2,7-15)12-9-3-4-9/h9,12,15H,3-7H2,1-2H3. The molecule has 1 aliphatic rings. The molecule has 0 bridgehead atoms. The molecule has 2 N–H and O–H groups in total. The van der Waals surface area contributed by atoms with E-state index in [9.17, 15) is 5.11 Å². The highest BCUT2D eigenvalue weighted by Crippen LogP contribution is 2.27. The molecule has 96 valence electrons. The Labute approximate surface area is 110 Å². The first kappa shape index (κ1) is 13.3. The third kappa shape index (κ3) is 4.21. The molecule has 1 aliphatic carbocycles. The Balaban J connectivity index is 1.75. The van der Waals surface area contributed by atoms with E-state index < -0.39 is 0 Å². The first-order chi connectivity index (χ1) is 8.11. The van der Waals surface area contributed by atoms with Gasteiger partial charge < -0.3 is 10.4 Å². The molecule has 0 saturated heterocycles. The maximum atomic E-state index is 9.47. The lowest BCUT2D eigenvalue weighted by Gasteiger charge is -2.28. The van der Waals surface area contributed by atoms with E-state index in [0.29, 0.717) is 6.04 Å². The van der Waals surface area contributed by atoms with E-state index in [1.165, 1.54) is 12.8 Å². The Kier molecular flexibility index (Phi) is 4.41. The van der Waals surface area contributed by atoms with Crippen LogP contribution in [0.1, 0.15) is 31.2 Å². The topological polar surface area (TPSA) is 58.0 Å². The van der Waals surface area contributed by atoms with E-state index in [-0.39, 0.29) is 12.1 Å². The van der Waals surface area contributed by atoms with Crippen LogP contribution in [0.25, 0.3) is 0 Å². The molecule has 17 heavy (non-hydrogen) atoms. The second-order valence-electron chi connectivity index (χ2n) is 4.82. The Bertz CT molecular complexity index is 367. The average Bonchev–Trinajstić information content (AvgIpc) is 3.00. The van der Waals surface area contributed by atoms with Gasteiger partial charge in [-0.05, 0) is 33.1 Å². The molecule has 0 aliphatic heterocycles. The average molecular weight is 273 g/mol. The second kappa shape index (κ2) is 5.65. The molecule has 1 heterocycles. The van der Waals surface area contributed by atoms with Crippen molar-refractivity contribution < 1.29 is 5.11 Å². The molecule has 1 unspecified atom stereocenters. The van der Waals surface area contributed by atoms with Gasteiger partial charge in [-0.25, -0.2) is 0 Å². The summed E-state index contributed by atoms with van der Waals surface area (Å²) in [6, 6.07) is 0.626. The summed E-state index contributed by atoms with van der Waals surface area (Å²) in [5.74, 6) is 0.964. The van der Waals surface area contributed by atoms with Gasteiger partial charge in [-0.1, -0.05) is 23.1 Å². The van der Waals surface area contributed by atoms with Gasteiger partial charge in [-0.2, -0.15) is 0 Å². The first-order valence-corrected chi connectivity index (χ1v) is 7.73. The largest absolute Gasteiger partial charge is 0.394 e. The van der Waals surface area contributed by atoms with Gasteiger partial charge >= 0.3 is 0 Å². The summed E-state index contributed by atoms with van der Waals surface area (Å²) in [6.45, 7) is 4.25. The number of thioether (sulfide) groups is 1. The van der Waals surface area contributed by atoms with Crippen LogP contribution < -0.4 is 5.32 Å². The minimum absolute atomic E-state index is 0.145. The Hall–Kier alpha value is -0.170. The van der Waals surface area contributed by atoms with E-state index in [2.05, 4.69) is 22.4 Å². The third-order valence-corrected chi connectivity index (χ3v) is 4.84. The molecule has 0 spiro atoms. The monoisotopic (exact) mass is 273 g/mol. The number of nitrogens with zero attached hydrogens (tertiary/aromatic N) is 2. The number of aliphatic hydroxyl groups is 1. The number of hydrogen-bond acceptors (Lipinski definition) is 6. The summed E-state index contributed by atoms with van der Waals surface area (Å²) >= 11 is 3.35. The Morgan fingerprint density at radius 2 is 2.29 bits per heavy atom. The molecule has 0 aromatic carbocycles. The lowest BCUT2D eigenvalue weighted by atomic mass is 10.0. The van der Waals surface area contributed by atoms with Crippen molar-refractivity contribution in [1.29, 1.82) is 0 Å². The molecule has 2 rings (SSSR count). The van der Waals surface area contributed by atoms with Crippen LogP contribution in [-0.2, 0) is 0 Å². The van der Waals surface area contributed by atoms with E-state index in [0.717, 1.165) is 21.5 Å². The lowest BCUT2D eigenvalue weighted by Crippen LogP contribution is -2.47. The Morgan fingerprint density at radius 3 is 2.82 bits per heavy atom. The van der Waals surface area contributed by atoms with Gasteiger partial charge in [0.2, 0.25) is 0 Å². The summed E-state index contributed by atoms with van der Waals surface area (Å²) in [5, 5.41) is 22.1. The molecular formula is C11H19N3OS2. The normalized spacial score (nSPS) is 19.2. The third-order valence-electron chi connectivity index (χ3n) is 2.87. The predicted octanol–water partition coefficient (Wildman–Crippen LogP) is 1.83. The van der Waals surface area contributed by atoms with Crippen LogP contribution in [0.15, 0.2) is 4.34 Å². The van der Waals surface area contributed by atoms with E-state index >= 15 is 0 Å². The maximum absolute atomic E-state index is 9.47. The van der Waals surface area contributed by atoms with Gasteiger partial charge in [0.15, 0.2) is 4.34 Å². The smallest absolute Gasteiger partial charge is 0.174 e. The van der Waals surface area contributed by atoms with Gasteiger partial charge in [0.25, 0.3) is 0 Å². The lowest BCUT2D eigenvalue weighted by molar-refractivity contribution is 0.169. The van der Waals surface area contributed by atoms with Crippen molar-refractivity contribution in [2.45, 2.75) is 49.0 Å². The highest BCUT2D eigenvalue weighted by Gasteiger charge is 2.31. The van der Waals surface area contributed by atoms with Crippen LogP contribution >= 0.6 is 23.1 Å². The zero-order valence-electron chi connectivity index (χ0n) is 10.3. The summed E-state index contributed by atoms with van der Waals surface area (Å²) < 4.78 is 1.02. The summed E-state index contributed by atoms with van der Waals surface area (Å²) in [4.78, 5) is 0. The van der Waals surface area contributed by atoms with Gasteiger partial charge in [0.05, 0.1) is 6.61 Å². The van der Waals surface area contributed by atoms with Gasteiger partial charge in [-0.3, -0.25) is 0 Å². The predicted molar refractivity (Wildman–Crippen MR) is 71.6 cm³/mol. The van der Waals surface area contributed by atoms with Crippen molar-refractivity contribution >= 4 is 23.1 Å². The summed E-state index contributed by atoms with van der Waals surface area (Å²) in [6.07, 6.45) is 3.44. The molecule has 1 aromatic rings. The van der Waals surface area contributed by atoms with Crippen LogP contribution in [-0.4, -0.2) is 39.2 Å². The van der Waals surface area contributed by atoms with Crippen LogP contribution in [0.3, 0.4) is 0 Å². The van der Waals surface area contributed by atoms with Crippen molar-refractivity contribution in [3.8, 4) is 0 Å². The SMILES string of the molecule is Cc1nnc(SCCC(C)(CO)NC2CC2)s1. The first-order valence-electron chi connectivity index (χ1n) is 5.93. The van der Waals surface area contributed by atoms with Gasteiger partial charge in [0, 0.05) is 17.3 Å². The van der Waals surface area contributed by atoms with Crippen LogP contribution in [0.2, 0.25) is 0 Å². The zero-order chi connectivity index (χ0) is 12.3. The quantitative estimate of drug-likeness (QED) is 0.742. The van der Waals surface area contributed by atoms with Crippen molar-refractivity contribution in [2.75, 3.05) is 12.4 Å². The van der Waals surface area contributed by atoms with E-state index in [1.54, 1.807) is 23.1 Å². The number of nitrogens with one attached hydrogen (secondary N) is 1. The van der Waals surface area contributed by atoms with Gasteiger partial charge in [0.1, 0.15) is 5.01 Å². The second-order valence-corrected chi connectivity index (χ2v) is 7.35. The fourth-order valence-electron chi connectivity index (χ4n) is 1.62. The maximum Gasteiger partial charge on any atom is 0.174 e. The number of rotatable bonds is 7. The molecule has 1 fully saturated rings. The Morgan fingerprint density at radius 1 is 1.53 bits per heavy atom. The fourth-order valence-corrected chi connectivity index (χ4v) is 3.71. The highest BCUT2D eigenvalue weighted by molar-refractivity contribution is 8.01. The molecule has 6 heteroatoms. The van der Waals surface area contributed by atoms with Crippen molar-refractivity contribution in [2.24, 2.45) is 0 Å². The summed E-state index contributed by atoms with van der Waals surface area (Å²) in [5.41, 5.74) is -0.145. The molecule has 0 amide bonds. The van der Waals surface area contributed by atoms with Crippen LogP contribution in [0.5, 0.6) is 0 Å². The van der Waals surface area contributed by atoms with Crippen molar-refractivity contribution in [3.63, 3.8) is 0 Å². The molecular weight excluding hydrogens is 254 g/mol. The van der Waals surface area contributed by atoms with Gasteiger partial charge in [-0.15, -0.1) is 10.2 Å². The van der Waals surface area contributed by atoms with E-state index in [4.69, 9.17) is 0 Å². The molecule has 1 saturated carbocycles. The number of hydrogen-bond donors (Lipinski definition) is 2. The highest BCUT2D eigenvalue weighted by atomic mass is 32.2. The molecule has 0 radical (unpaired) electrons. The number of aryl methyl sites for hydroxylation is 1. The molecule has 1 atom stereocenters. The van der Waals surface area contributed by atoms with Crippen molar-refractivity contribution in [3.05, 3.63) is 5.01 Å². The molecule has 1 aromatic heterocycles. The summed E-state index contributed by atoms with van der Waals surface area (Å²) in [7, 11) is 0. The number of aromatic nitrogens is 2.